The van der Waals surface area contributed by atoms with Crippen LogP contribution in [0.4, 0.5) is 0 Å². The van der Waals surface area contributed by atoms with E-state index in [9.17, 15) is 0 Å². The summed E-state index contributed by atoms with van der Waals surface area (Å²) in [4.78, 5) is 0. The maximum absolute atomic E-state index is 6.20. The average Bonchev–Trinajstić information content (AvgIpc) is 2.97. The van der Waals surface area contributed by atoms with Gasteiger partial charge in [0, 0.05) is 11.8 Å². The molecule has 0 saturated carbocycles. The number of benzene rings is 3. The zero-order valence-electron chi connectivity index (χ0n) is 13.5. The molecule has 1 heteroatoms. The average molecular weight is 331 g/mol. The van der Waals surface area contributed by atoms with Crippen molar-refractivity contribution in [2.45, 2.75) is 12.3 Å². The number of allylic oxidation sites excluding steroid dienone is 1. The predicted octanol–water partition coefficient (Wildman–Crippen LogP) is 6.26. The third-order valence-electron chi connectivity index (χ3n) is 4.77. The van der Waals surface area contributed by atoms with E-state index in [1.165, 1.54) is 33.4 Å². The van der Waals surface area contributed by atoms with Crippen molar-refractivity contribution < 1.29 is 0 Å². The summed E-state index contributed by atoms with van der Waals surface area (Å²) in [5.41, 5.74) is 8.16. The Morgan fingerprint density at radius 1 is 0.708 bits per heavy atom. The van der Waals surface area contributed by atoms with Crippen LogP contribution >= 0.6 is 11.6 Å². The lowest BCUT2D eigenvalue weighted by atomic mass is 9.87. The third kappa shape index (κ3) is 2.57. The molecule has 1 aliphatic rings. The SMILES string of the molecule is ClCCC1=C(c2ccccc2)c2ccccc2C1c1ccccc1. The number of hydrogen-bond acceptors (Lipinski definition) is 0. The van der Waals surface area contributed by atoms with Crippen molar-refractivity contribution in [1.82, 2.24) is 0 Å². The van der Waals surface area contributed by atoms with Gasteiger partial charge in [-0.1, -0.05) is 84.9 Å². The lowest BCUT2D eigenvalue weighted by Gasteiger charge is -2.17. The van der Waals surface area contributed by atoms with Crippen LogP contribution in [0.25, 0.3) is 5.57 Å². The minimum Gasteiger partial charge on any atom is -0.126 e. The fourth-order valence-electron chi connectivity index (χ4n) is 3.82. The summed E-state index contributed by atoms with van der Waals surface area (Å²) in [5.74, 6) is 0.944. The molecule has 4 rings (SSSR count). The molecule has 1 unspecified atom stereocenters. The molecular formula is C23H19Cl. The lowest BCUT2D eigenvalue weighted by molar-refractivity contribution is 0.909. The highest BCUT2D eigenvalue weighted by atomic mass is 35.5. The summed E-state index contributed by atoms with van der Waals surface area (Å²) in [6, 6.07) is 30.2. The van der Waals surface area contributed by atoms with Crippen molar-refractivity contribution in [1.29, 1.82) is 0 Å². The van der Waals surface area contributed by atoms with Gasteiger partial charge in [-0.25, -0.2) is 0 Å². The van der Waals surface area contributed by atoms with Crippen LogP contribution in [0, 0.1) is 0 Å². The summed E-state index contributed by atoms with van der Waals surface area (Å²) in [7, 11) is 0. The number of fused-ring (bicyclic) bond motifs is 1. The Hall–Kier alpha value is -2.31. The van der Waals surface area contributed by atoms with Gasteiger partial charge in [-0.05, 0) is 39.8 Å². The van der Waals surface area contributed by atoms with E-state index in [0.29, 0.717) is 11.8 Å². The molecule has 1 aliphatic carbocycles. The third-order valence-corrected chi connectivity index (χ3v) is 4.96. The van der Waals surface area contributed by atoms with Gasteiger partial charge in [0.25, 0.3) is 0 Å². The predicted molar refractivity (Wildman–Crippen MR) is 103 cm³/mol. The minimum absolute atomic E-state index is 0.302. The highest BCUT2D eigenvalue weighted by Gasteiger charge is 2.32. The number of alkyl halides is 1. The van der Waals surface area contributed by atoms with Gasteiger partial charge in [0.15, 0.2) is 0 Å². The molecule has 1 atom stereocenters. The van der Waals surface area contributed by atoms with Gasteiger partial charge in [0.05, 0.1) is 0 Å². The summed E-state index contributed by atoms with van der Waals surface area (Å²) in [5, 5.41) is 0. The zero-order chi connectivity index (χ0) is 16.4. The molecule has 24 heavy (non-hydrogen) atoms. The van der Waals surface area contributed by atoms with Gasteiger partial charge in [0.2, 0.25) is 0 Å². The van der Waals surface area contributed by atoms with Gasteiger partial charge in [-0.15, -0.1) is 11.6 Å². The molecule has 0 aromatic heterocycles. The Balaban J connectivity index is 1.98. The molecule has 0 fully saturated rings. The maximum Gasteiger partial charge on any atom is 0.0314 e. The van der Waals surface area contributed by atoms with Crippen molar-refractivity contribution in [2.75, 3.05) is 5.88 Å². The monoisotopic (exact) mass is 330 g/mol. The molecule has 0 N–H and O–H groups in total. The fourth-order valence-corrected chi connectivity index (χ4v) is 4.03. The van der Waals surface area contributed by atoms with Crippen LogP contribution in [0.15, 0.2) is 90.5 Å². The van der Waals surface area contributed by atoms with E-state index in [2.05, 4.69) is 84.9 Å². The molecule has 0 nitrogen and oxygen atoms in total. The molecule has 0 saturated heterocycles. The Labute approximate surface area is 148 Å². The highest BCUT2D eigenvalue weighted by molar-refractivity contribution is 6.18. The standard InChI is InChI=1S/C23H19Cl/c24-16-15-21-22(17-9-3-1-4-10-17)19-13-7-8-14-20(19)23(21)18-11-5-2-6-12-18/h1-14,22H,15-16H2. The molecule has 0 aliphatic heterocycles. The maximum atomic E-state index is 6.20. The van der Waals surface area contributed by atoms with E-state index < -0.39 is 0 Å². The Morgan fingerprint density at radius 2 is 1.33 bits per heavy atom. The van der Waals surface area contributed by atoms with Crippen LogP contribution in [-0.2, 0) is 0 Å². The fraction of sp³-hybridized carbons (Fsp3) is 0.130. The molecule has 118 valence electrons. The minimum atomic E-state index is 0.302. The summed E-state index contributed by atoms with van der Waals surface area (Å²) in [6.07, 6.45) is 0.903. The Morgan fingerprint density at radius 3 is 2.04 bits per heavy atom. The molecule has 0 heterocycles. The van der Waals surface area contributed by atoms with E-state index in [-0.39, 0.29) is 0 Å². The van der Waals surface area contributed by atoms with Gasteiger partial charge < -0.3 is 0 Å². The van der Waals surface area contributed by atoms with E-state index in [4.69, 9.17) is 11.6 Å². The first-order chi connectivity index (χ1) is 11.9. The van der Waals surface area contributed by atoms with Crippen LogP contribution in [0.2, 0.25) is 0 Å². The first kappa shape index (κ1) is 15.2. The van der Waals surface area contributed by atoms with Crippen LogP contribution in [0.5, 0.6) is 0 Å². The Bertz CT molecular complexity index is 863. The second kappa shape index (κ2) is 6.67. The molecule has 3 aromatic carbocycles. The van der Waals surface area contributed by atoms with E-state index in [0.717, 1.165) is 6.42 Å². The van der Waals surface area contributed by atoms with Crippen LogP contribution in [0.3, 0.4) is 0 Å². The number of rotatable bonds is 4. The van der Waals surface area contributed by atoms with E-state index in [1.54, 1.807) is 0 Å². The lowest BCUT2D eigenvalue weighted by Crippen LogP contribution is -2.02. The van der Waals surface area contributed by atoms with Crippen molar-refractivity contribution in [3.05, 3.63) is 113 Å². The summed E-state index contributed by atoms with van der Waals surface area (Å²) < 4.78 is 0. The van der Waals surface area contributed by atoms with Crippen LogP contribution in [0.1, 0.15) is 34.6 Å². The summed E-state index contributed by atoms with van der Waals surface area (Å²) in [6.45, 7) is 0. The van der Waals surface area contributed by atoms with Crippen molar-refractivity contribution in [3.63, 3.8) is 0 Å². The molecular weight excluding hydrogens is 312 g/mol. The second-order valence-electron chi connectivity index (χ2n) is 6.14. The molecule has 0 bridgehead atoms. The molecule has 0 spiro atoms. The van der Waals surface area contributed by atoms with Crippen molar-refractivity contribution in [3.8, 4) is 0 Å². The van der Waals surface area contributed by atoms with Crippen molar-refractivity contribution >= 4 is 17.2 Å². The first-order valence-electron chi connectivity index (χ1n) is 8.39. The van der Waals surface area contributed by atoms with Crippen LogP contribution in [-0.4, -0.2) is 5.88 Å². The normalized spacial score (nSPS) is 16.3. The van der Waals surface area contributed by atoms with Gasteiger partial charge >= 0.3 is 0 Å². The highest BCUT2D eigenvalue weighted by Crippen LogP contribution is 2.49. The largest absolute Gasteiger partial charge is 0.126 e. The van der Waals surface area contributed by atoms with Crippen LogP contribution < -0.4 is 0 Å². The molecule has 3 aromatic rings. The van der Waals surface area contributed by atoms with E-state index in [1.807, 2.05) is 0 Å². The smallest absolute Gasteiger partial charge is 0.0314 e. The quantitative estimate of drug-likeness (QED) is 0.495. The second-order valence-corrected chi connectivity index (χ2v) is 6.51. The van der Waals surface area contributed by atoms with Crippen molar-refractivity contribution in [2.24, 2.45) is 0 Å². The molecule has 0 amide bonds. The topological polar surface area (TPSA) is 0 Å². The van der Waals surface area contributed by atoms with Gasteiger partial charge in [-0.3, -0.25) is 0 Å². The zero-order valence-corrected chi connectivity index (χ0v) is 14.2. The van der Waals surface area contributed by atoms with Gasteiger partial charge in [-0.2, -0.15) is 0 Å². The first-order valence-corrected chi connectivity index (χ1v) is 8.92. The number of hydrogen-bond donors (Lipinski definition) is 0. The van der Waals surface area contributed by atoms with E-state index >= 15 is 0 Å². The van der Waals surface area contributed by atoms with Gasteiger partial charge in [0.1, 0.15) is 0 Å². The molecule has 0 radical (unpaired) electrons. The summed E-state index contributed by atoms with van der Waals surface area (Å²) >= 11 is 6.20. The number of halogens is 1. The Kier molecular flexibility index (Phi) is 4.23.